The van der Waals surface area contributed by atoms with E-state index in [4.69, 9.17) is 11.6 Å². The molecule has 0 fully saturated rings. The maximum Gasteiger partial charge on any atom is 0.325 e. The van der Waals surface area contributed by atoms with Crippen molar-refractivity contribution in [2.45, 2.75) is 13.5 Å². The van der Waals surface area contributed by atoms with Crippen LogP contribution in [0.5, 0.6) is 0 Å². The fourth-order valence-corrected chi connectivity index (χ4v) is 2.33. The summed E-state index contributed by atoms with van der Waals surface area (Å²) in [6.45, 7) is 1.85. The molecule has 0 N–H and O–H groups in total. The molecule has 1 aromatic carbocycles. The quantitative estimate of drug-likeness (QED) is 0.786. The van der Waals surface area contributed by atoms with E-state index in [2.05, 4.69) is 9.84 Å². The number of carbonyl (C=O) groups excluding carboxylic acids is 2. The summed E-state index contributed by atoms with van der Waals surface area (Å²) in [4.78, 5) is 25.8. The van der Waals surface area contributed by atoms with Gasteiger partial charge in [-0.2, -0.15) is 5.10 Å². The van der Waals surface area contributed by atoms with E-state index in [1.165, 1.54) is 18.2 Å². The van der Waals surface area contributed by atoms with Crippen LogP contribution >= 0.6 is 11.6 Å². The number of aryl methyl sites for hydroxylation is 1. The molecular weight excluding hydrogens is 318 g/mol. The molecule has 0 aliphatic carbocycles. The molecule has 0 aliphatic heterocycles. The molecular formula is C16H18ClN3O3. The molecule has 0 saturated carbocycles. The van der Waals surface area contributed by atoms with Gasteiger partial charge in [0.25, 0.3) is 5.91 Å². The molecule has 6 nitrogen and oxygen atoms in total. The van der Waals surface area contributed by atoms with Crippen molar-refractivity contribution >= 4 is 23.5 Å². The van der Waals surface area contributed by atoms with E-state index in [1.807, 2.05) is 18.2 Å². The van der Waals surface area contributed by atoms with Crippen molar-refractivity contribution in [2.75, 3.05) is 13.7 Å². The van der Waals surface area contributed by atoms with E-state index in [0.29, 0.717) is 10.6 Å². The highest BCUT2D eigenvalue weighted by atomic mass is 35.5. The number of benzene rings is 1. The zero-order valence-electron chi connectivity index (χ0n) is 13.2. The molecule has 0 spiro atoms. The van der Waals surface area contributed by atoms with Crippen LogP contribution < -0.4 is 0 Å². The molecule has 23 heavy (non-hydrogen) atoms. The zero-order valence-corrected chi connectivity index (χ0v) is 14.0. The monoisotopic (exact) mass is 335 g/mol. The average Bonchev–Trinajstić information content (AvgIpc) is 2.87. The highest BCUT2D eigenvalue weighted by Gasteiger charge is 2.23. The summed E-state index contributed by atoms with van der Waals surface area (Å²) >= 11 is 6.15. The maximum atomic E-state index is 12.8. The summed E-state index contributed by atoms with van der Waals surface area (Å²) in [5.74, 6) is -0.784. The lowest BCUT2D eigenvalue weighted by atomic mass is 10.1. The Balaban J connectivity index is 2.30. The number of esters is 1. The number of nitrogens with zero attached hydrogens (tertiary/aromatic N) is 3. The first-order valence-corrected chi connectivity index (χ1v) is 7.40. The van der Waals surface area contributed by atoms with Gasteiger partial charge >= 0.3 is 5.97 Å². The molecule has 122 valence electrons. The van der Waals surface area contributed by atoms with Gasteiger partial charge in [-0.25, -0.2) is 0 Å². The van der Waals surface area contributed by atoms with Gasteiger partial charge in [0, 0.05) is 24.3 Å². The van der Waals surface area contributed by atoms with Gasteiger partial charge in [0.05, 0.1) is 18.9 Å². The van der Waals surface area contributed by atoms with Crippen molar-refractivity contribution in [2.24, 2.45) is 7.05 Å². The van der Waals surface area contributed by atoms with E-state index in [-0.39, 0.29) is 19.0 Å². The Bertz CT molecular complexity index is 727. The van der Waals surface area contributed by atoms with Crippen LogP contribution in [0.25, 0.3) is 0 Å². The van der Waals surface area contributed by atoms with Gasteiger partial charge in [-0.3, -0.25) is 14.3 Å². The molecule has 7 heteroatoms. The fourth-order valence-electron chi connectivity index (χ4n) is 2.13. The zero-order chi connectivity index (χ0) is 17.0. The van der Waals surface area contributed by atoms with Gasteiger partial charge in [0.2, 0.25) is 0 Å². The second-order valence-electron chi connectivity index (χ2n) is 5.10. The Morgan fingerprint density at radius 2 is 2.04 bits per heavy atom. The number of aromatic nitrogens is 2. The SMILES string of the molecule is COC(=O)CN(Cc1ccccc1Cl)C(=O)c1cnn(C)c1C. The van der Waals surface area contributed by atoms with Crippen molar-refractivity contribution in [3.05, 3.63) is 52.3 Å². The Kier molecular flexibility index (Phi) is 5.39. The van der Waals surface area contributed by atoms with Gasteiger partial charge in [0.15, 0.2) is 0 Å². The van der Waals surface area contributed by atoms with Crippen LogP contribution in [0.3, 0.4) is 0 Å². The third kappa shape index (κ3) is 3.90. The molecule has 0 atom stereocenters. The van der Waals surface area contributed by atoms with Crippen LogP contribution in [0.1, 0.15) is 21.6 Å². The summed E-state index contributed by atoms with van der Waals surface area (Å²) < 4.78 is 6.29. The normalized spacial score (nSPS) is 10.4. The Morgan fingerprint density at radius 1 is 1.35 bits per heavy atom. The number of ether oxygens (including phenoxy) is 1. The molecule has 2 rings (SSSR count). The van der Waals surface area contributed by atoms with Crippen LogP contribution in [0.2, 0.25) is 5.02 Å². The smallest absolute Gasteiger partial charge is 0.325 e. The lowest BCUT2D eigenvalue weighted by molar-refractivity contribution is -0.141. The first-order valence-electron chi connectivity index (χ1n) is 7.02. The second-order valence-corrected chi connectivity index (χ2v) is 5.50. The highest BCUT2D eigenvalue weighted by Crippen LogP contribution is 2.19. The number of hydrogen-bond acceptors (Lipinski definition) is 4. The van der Waals surface area contributed by atoms with Crippen LogP contribution in [0, 0.1) is 6.92 Å². The Morgan fingerprint density at radius 3 is 2.61 bits per heavy atom. The minimum atomic E-state index is -0.494. The van der Waals surface area contributed by atoms with Crippen LogP contribution in [-0.4, -0.2) is 40.2 Å². The largest absolute Gasteiger partial charge is 0.468 e. The lowest BCUT2D eigenvalue weighted by Crippen LogP contribution is -2.36. The van der Waals surface area contributed by atoms with Crippen molar-refractivity contribution in [3.8, 4) is 0 Å². The average molecular weight is 336 g/mol. The van der Waals surface area contributed by atoms with Crippen molar-refractivity contribution in [3.63, 3.8) is 0 Å². The number of methoxy groups -OCH3 is 1. The number of halogens is 1. The summed E-state index contributed by atoms with van der Waals surface area (Å²) in [6.07, 6.45) is 1.49. The maximum absolute atomic E-state index is 12.8. The molecule has 1 aromatic heterocycles. The second kappa shape index (κ2) is 7.28. The van der Waals surface area contributed by atoms with E-state index in [1.54, 1.807) is 24.7 Å². The summed E-state index contributed by atoms with van der Waals surface area (Å²) in [7, 11) is 3.04. The van der Waals surface area contributed by atoms with Crippen LogP contribution in [0.4, 0.5) is 0 Å². The van der Waals surface area contributed by atoms with E-state index < -0.39 is 5.97 Å². The molecule has 0 unspecified atom stereocenters. The Hall–Kier alpha value is -2.34. The first kappa shape index (κ1) is 17.0. The number of hydrogen-bond donors (Lipinski definition) is 0. The van der Waals surface area contributed by atoms with Gasteiger partial charge in [0.1, 0.15) is 6.54 Å². The minimum Gasteiger partial charge on any atom is -0.468 e. The van der Waals surface area contributed by atoms with E-state index >= 15 is 0 Å². The van der Waals surface area contributed by atoms with Gasteiger partial charge in [-0.1, -0.05) is 29.8 Å². The highest BCUT2D eigenvalue weighted by molar-refractivity contribution is 6.31. The topological polar surface area (TPSA) is 64.4 Å². The predicted octanol–water partition coefficient (Wildman–Crippen LogP) is 2.20. The standard InChI is InChI=1S/C16H18ClN3O3/c1-11-13(8-18-19(11)2)16(22)20(10-15(21)23-3)9-12-6-4-5-7-14(12)17/h4-8H,9-10H2,1-3H3. The fraction of sp³-hybridized carbons (Fsp3) is 0.312. The first-order chi connectivity index (χ1) is 10.9. The summed E-state index contributed by atoms with van der Waals surface area (Å²) in [6, 6.07) is 7.20. The Labute approximate surface area is 139 Å². The molecule has 0 bridgehead atoms. The molecule has 2 aromatic rings. The van der Waals surface area contributed by atoms with Gasteiger partial charge in [-0.15, -0.1) is 0 Å². The molecule has 0 radical (unpaired) electrons. The predicted molar refractivity (Wildman–Crippen MR) is 86.2 cm³/mol. The van der Waals surface area contributed by atoms with Gasteiger partial charge < -0.3 is 9.64 Å². The van der Waals surface area contributed by atoms with Crippen molar-refractivity contribution in [1.82, 2.24) is 14.7 Å². The third-order valence-electron chi connectivity index (χ3n) is 3.62. The van der Waals surface area contributed by atoms with Crippen molar-refractivity contribution in [1.29, 1.82) is 0 Å². The van der Waals surface area contributed by atoms with Crippen LogP contribution in [-0.2, 0) is 23.1 Å². The molecule has 1 heterocycles. The lowest BCUT2D eigenvalue weighted by Gasteiger charge is -2.22. The molecule has 0 aliphatic rings. The minimum absolute atomic E-state index is 0.158. The van der Waals surface area contributed by atoms with E-state index in [0.717, 1.165) is 11.3 Å². The van der Waals surface area contributed by atoms with Gasteiger partial charge in [-0.05, 0) is 18.6 Å². The summed E-state index contributed by atoms with van der Waals surface area (Å²) in [5.41, 5.74) is 1.93. The number of rotatable bonds is 5. The number of amides is 1. The van der Waals surface area contributed by atoms with E-state index in [9.17, 15) is 9.59 Å². The number of carbonyl (C=O) groups is 2. The summed E-state index contributed by atoms with van der Waals surface area (Å²) in [5, 5.41) is 4.61. The molecule has 0 saturated heterocycles. The van der Waals surface area contributed by atoms with Crippen molar-refractivity contribution < 1.29 is 14.3 Å². The molecule has 1 amide bonds. The van der Waals surface area contributed by atoms with Crippen LogP contribution in [0.15, 0.2) is 30.5 Å². The third-order valence-corrected chi connectivity index (χ3v) is 3.99.